The van der Waals surface area contributed by atoms with Crippen LogP contribution >= 0.6 is 0 Å². The summed E-state index contributed by atoms with van der Waals surface area (Å²) in [4.78, 5) is 13.2. The van der Waals surface area contributed by atoms with Crippen LogP contribution in [-0.4, -0.2) is 35.4 Å². The molecule has 0 radical (unpaired) electrons. The quantitative estimate of drug-likeness (QED) is 0.657. The molecule has 0 aromatic heterocycles. The van der Waals surface area contributed by atoms with E-state index >= 15 is 0 Å². The summed E-state index contributed by atoms with van der Waals surface area (Å²) >= 11 is 0. The molecule has 0 spiro atoms. The molecular formula is C19H22N2O2. The molecule has 120 valence electrons. The summed E-state index contributed by atoms with van der Waals surface area (Å²) in [5.41, 5.74) is 2.55. The lowest BCUT2D eigenvalue weighted by Crippen LogP contribution is -2.38. The van der Waals surface area contributed by atoms with E-state index in [-0.39, 0.29) is 5.75 Å². The van der Waals surface area contributed by atoms with Crippen molar-refractivity contribution in [2.24, 2.45) is 0 Å². The Hall–Kier alpha value is -2.33. The van der Waals surface area contributed by atoms with Crippen molar-refractivity contribution in [3.8, 4) is 5.75 Å². The molecule has 2 aromatic rings. The third-order valence-electron chi connectivity index (χ3n) is 4.35. The van der Waals surface area contributed by atoms with E-state index in [1.807, 2.05) is 6.07 Å². The monoisotopic (exact) mass is 310 g/mol. The van der Waals surface area contributed by atoms with E-state index in [1.165, 1.54) is 11.6 Å². The summed E-state index contributed by atoms with van der Waals surface area (Å²) in [6.07, 6.45) is 2.83. The fourth-order valence-electron chi connectivity index (χ4n) is 3.04. The Morgan fingerprint density at radius 3 is 2.52 bits per heavy atom. The fourth-order valence-corrected chi connectivity index (χ4v) is 3.04. The number of nitrogens with zero attached hydrogens (tertiary/aromatic N) is 1. The van der Waals surface area contributed by atoms with Gasteiger partial charge in [-0.2, -0.15) is 0 Å². The number of carbonyl (C=O) groups is 1. The van der Waals surface area contributed by atoms with Crippen molar-refractivity contribution in [1.82, 2.24) is 4.90 Å². The minimum atomic E-state index is 0.140. The number of aldehydes is 1. The van der Waals surface area contributed by atoms with E-state index in [0.717, 1.165) is 38.8 Å². The third kappa shape index (κ3) is 4.11. The minimum Gasteiger partial charge on any atom is -0.506 e. The molecule has 0 amide bonds. The van der Waals surface area contributed by atoms with Gasteiger partial charge < -0.3 is 10.4 Å². The maximum Gasteiger partial charge on any atom is 0.150 e. The van der Waals surface area contributed by atoms with Crippen LogP contribution in [0.5, 0.6) is 5.75 Å². The topological polar surface area (TPSA) is 52.6 Å². The first-order chi connectivity index (χ1) is 11.2. The number of likely N-dealkylation sites (tertiary alicyclic amines) is 1. The van der Waals surface area contributed by atoms with Crippen molar-refractivity contribution in [2.75, 3.05) is 18.4 Å². The van der Waals surface area contributed by atoms with Gasteiger partial charge >= 0.3 is 0 Å². The normalized spacial score (nSPS) is 16.2. The van der Waals surface area contributed by atoms with Gasteiger partial charge in [0.15, 0.2) is 0 Å². The van der Waals surface area contributed by atoms with Gasteiger partial charge in [0.1, 0.15) is 12.0 Å². The largest absolute Gasteiger partial charge is 0.506 e. The molecule has 1 fully saturated rings. The van der Waals surface area contributed by atoms with Crippen molar-refractivity contribution in [1.29, 1.82) is 0 Å². The van der Waals surface area contributed by atoms with Crippen molar-refractivity contribution in [2.45, 2.75) is 25.4 Å². The van der Waals surface area contributed by atoms with Crippen molar-refractivity contribution in [3.63, 3.8) is 0 Å². The average Bonchev–Trinajstić information content (AvgIpc) is 2.59. The summed E-state index contributed by atoms with van der Waals surface area (Å²) in [6.45, 7) is 3.08. The van der Waals surface area contributed by atoms with Gasteiger partial charge in [0, 0.05) is 31.2 Å². The first kappa shape index (κ1) is 15.6. The number of carbonyl (C=O) groups excluding carboxylic acids is 1. The van der Waals surface area contributed by atoms with Gasteiger partial charge in [-0.3, -0.25) is 9.69 Å². The van der Waals surface area contributed by atoms with E-state index < -0.39 is 0 Å². The van der Waals surface area contributed by atoms with Crippen LogP contribution in [0.3, 0.4) is 0 Å². The molecule has 0 atom stereocenters. The van der Waals surface area contributed by atoms with Gasteiger partial charge in [-0.1, -0.05) is 30.3 Å². The van der Waals surface area contributed by atoms with Crippen LogP contribution in [-0.2, 0) is 6.54 Å². The second-order valence-electron chi connectivity index (χ2n) is 6.07. The summed E-state index contributed by atoms with van der Waals surface area (Å²) in [5, 5.41) is 13.4. The number of nitrogens with one attached hydrogen (secondary N) is 1. The number of hydrogen-bond donors (Lipinski definition) is 2. The SMILES string of the molecule is O=Cc1ccc(NC2CCN(Cc3ccccc3)CC2)c(O)c1. The highest BCUT2D eigenvalue weighted by Gasteiger charge is 2.19. The number of phenols is 1. The molecule has 0 saturated carbocycles. The maximum absolute atomic E-state index is 10.7. The number of benzene rings is 2. The van der Waals surface area contributed by atoms with Gasteiger partial charge in [-0.05, 0) is 36.6 Å². The molecule has 1 heterocycles. The highest BCUT2D eigenvalue weighted by Crippen LogP contribution is 2.26. The van der Waals surface area contributed by atoms with Gasteiger partial charge in [0.25, 0.3) is 0 Å². The minimum absolute atomic E-state index is 0.140. The molecule has 4 nitrogen and oxygen atoms in total. The standard InChI is InChI=1S/C19H22N2O2/c22-14-16-6-7-18(19(23)12-16)20-17-8-10-21(11-9-17)13-15-4-2-1-3-5-15/h1-7,12,14,17,20,23H,8-11,13H2. The molecule has 1 aliphatic heterocycles. The van der Waals surface area contributed by atoms with Gasteiger partial charge in [-0.15, -0.1) is 0 Å². The van der Waals surface area contributed by atoms with Crippen molar-refractivity contribution in [3.05, 3.63) is 59.7 Å². The summed E-state index contributed by atoms with van der Waals surface area (Å²) in [7, 11) is 0. The van der Waals surface area contributed by atoms with E-state index in [9.17, 15) is 9.90 Å². The Kier molecular flexibility index (Phi) is 4.93. The van der Waals surface area contributed by atoms with Crippen LogP contribution in [0.4, 0.5) is 5.69 Å². The number of anilines is 1. The number of piperidine rings is 1. The predicted molar refractivity (Wildman–Crippen MR) is 91.9 cm³/mol. The Morgan fingerprint density at radius 2 is 1.87 bits per heavy atom. The van der Waals surface area contributed by atoms with Crippen LogP contribution in [0.1, 0.15) is 28.8 Å². The predicted octanol–water partition coefficient (Wildman–Crippen LogP) is 3.28. The first-order valence-electron chi connectivity index (χ1n) is 8.05. The van der Waals surface area contributed by atoms with E-state index in [1.54, 1.807) is 12.1 Å². The van der Waals surface area contributed by atoms with Gasteiger partial charge in [0.2, 0.25) is 0 Å². The summed E-state index contributed by atoms with van der Waals surface area (Å²) < 4.78 is 0. The number of aromatic hydroxyl groups is 1. The molecule has 23 heavy (non-hydrogen) atoms. The zero-order valence-electron chi connectivity index (χ0n) is 13.1. The smallest absolute Gasteiger partial charge is 0.150 e. The van der Waals surface area contributed by atoms with Gasteiger partial charge in [0.05, 0.1) is 5.69 Å². The zero-order valence-corrected chi connectivity index (χ0v) is 13.1. The summed E-state index contributed by atoms with van der Waals surface area (Å²) in [6, 6.07) is 15.9. The molecule has 2 N–H and O–H groups in total. The van der Waals surface area contributed by atoms with Crippen LogP contribution in [0.25, 0.3) is 0 Å². The van der Waals surface area contributed by atoms with E-state index in [0.29, 0.717) is 17.3 Å². The Bertz CT molecular complexity index is 650. The molecule has 1 saturated heterocycles. The highest BCUT2D eigenvalue weighted by atomic mass is 16.3. The first-order valence-corrected chi connectivity index (χ1v) is 8.05. The van der Waals surface area contributed by atoms with Crippen LogP contribution < -0.4 is 5.32 Å². The van der Waals surface area contributed by atoms with Gasteiger partial charge in [-0.25, -0.2) is 0 Å². The van der Waals surface area contributed by atoms with Crippen LogP contribution in [0.2, 0.25) is 0 Å². The van der Waals surface area contributed by atoms with Crippen molar-refractivity contribution < 1.29 is 9.90 Å². The van der Waals surface area contributed by atoms with Crippen LogP contribution in [0.15, 0.2) is 48.5 Å². The molecule has 2 aromatic carbocycles. The molecule has 4 heteroatoms. The molecule has 3 rings (SSSR count). The maximum atomic E-state index is 10.7. The van der Waals surface area contributed by atoms with Crippen molar-refractivity contribution >= 4 is 12.0 Å². The lowest BCUT2D eigenvalue weighted by Gasteiger charge is -2.33. The Balaban J connectivity index is 1.52. The Morgan fingerprint density at radius 1 is 1.13 bits per heavy atom. The molecule has 0 unspecified atom stereocenters. The molecule has 0 bridgehead atoms. The fraction of sp³-hybridized carbons (Fsp3) is 0.316. The van der Waals surface area contributed by atoms with E-state index in [2.05, 4.69) is 34.5 Å². The molecular weight excluding hydrogens is 288 g/mol. The lowest BCUT2D eigenvalue weighted by atomic mass is 10.0. The second-order valence-corrected chi connectivity index (χ2v) is 6.07. The summed E-state index contributed by atoms with van der Waals surface area (Å²) in [5.74, 6) is 0.140. The lowest BCUT2D eigenvalue weighted by molar-refractivity contribution is 0.112. The van der Waals surface area contributed by atoms with E-state index in [4.69, 9.17) is 0 Å². The second kappa shape index (κ2) is 7.29. The molecule has 0 aliphatic carbocycles. The van der Waals surface area contributed by atoms with Crippen LogP contribution in [0, 0.1) is 0 Å². The zero-order chi connectivity index (χ0) is 16.1. The highest BCUT2D eigenvalue weighted by molar-refractivity contribution is 5.77. The third-order valence-corrected chi connectivity index (χ3v) is 4.35. The number of hydrogen-bond acceptors (Lipinski definition) is 4. The Labute approximate surface area is 136 Å². The average molecular weight is 310 g/mol. The number of phenolic OH excluding ortho intramolecular Hbond substituents is 1. The molecule has 1 aliphatic rings. The number of rotatable bonds is 5.